The van der Waals surface area contributed by atoms with Crippen LogP contribution in [0.1, 0.15) is 75.8 Å². The Morgan fingerprint density at radius 2 is 1.43 bits per heavy atom. The second-order valence-corrected chi connectivity index (χ2v) is 7.88. The summed E-state index contributed by atoms with van der Waals surface area (Å²) in [6, 6.07) is 7.47. The Labute approximate surface area is 167 Å². The molecule has 3 aromatic rings. The van der Waals surface area contributed by atoms with Gasteiger partial charge < -0.3 is 10.2 Å². The van der Waals surface area contributed by atoms with Gasteiger partial charge in [0.2, 0.25) is 0 Å². The van der Waals surface area contributed by atoms with Crippen molar-refractivity contribution in [3.05, 3.63) is 35.4 Å². The molecule has 0 radical (unpaired) electrons. The number of benzene rings is 2. The summed E-state index contributed by atoms with van der Waals surface area (Å²) in [7, 11) is 0. The number of nitrogens with zero attached hydrogens (tertiary/aromatic N) is 2. The molecule has 0 spiro atoms. The molecule has 0 atom stereocenters. The van der Waals surface area contributed by atoms with Crippen LogP contribution in [0.15, 0.2) is 24.3 Å². The monoisotopic (exact) mass is 380 g/mol. The second kappa shape index (κ2) is 9.72. The van der Waals surface area contributed by atoms with Crippen LogP contribution in [0.4, 0.5) is 0 Å². The first-order valence-corrected chi connectivity index (χ1v) is 10.7. The summed E-state index contributed by atoms with van der Waals surface area (Å²) in [5.41, 5.74) is 4.81. The molecule has 0 fully saturated rings. The van der Waals surface area contributed by atoms with Crippen LogP contribution < -0.4 is 0 Å². The molecule has 28 heavy (non-hydrogen) atoms. The maximum atomic E-state index is 10.4. The smallest absolute Gasteiger partial charge is 0.163 e. The van der Waals surface area contributed by atoms with Gasteiger partial charge in [0.15, 0.2) is 11.5 Å². The molecule has 2 aromatic carbocycles. The van der Waals surface area contributed by atoms with Crippen molar-refractivity contribution in [3.63, 3.8) is 0 Å². The standard InChI is InChI=1S/C24H32N2O2/c1-3-4-5-6-7-8-9-10-11-12-18-23-21(16-22(27)24(18)28)25-19-14-13-17(2)15-20(19)26-23/h13-16,27-28H,3-12H2,1-2H3. The molecule has 0 saturated carbocycles. The van der Waals surface area contributed by atoms with Crippen molar-refractivity contribution in [2.24, 2.45) is 0 Å². The number of phenols is 2. The van der Waals surface area contributed by atoms with Crippen molar-refractivity contribution in [1.82, 2.24) is 9.97 Å². The molecule has 1 aromatic heterocycles. The van der Waals surface area contributed by atoms with Crippen LogP contribution in [-0.2, 0) is 6.42 Å². The second-order valence-electron chi connectivity index (χ2n) is 7.88. The molecular formula is C24H32N2O2. The fraction of sp³-hybridized carbons (Fsp3) is 0.500. The van der Waals surface area contributed by atoms with E-state index in [2.05, 4.69) is 11.9 Å². The summed E-state index contributed by atoms with van der Waals surface area (Å²) in [4.78, 5) is 9.40. The van der Waals surface area contributed by atoms with E-state index in [0.29, 0.717) is 23.0 Å². The Kier molecular flexibility index (Phi) is 7.07. The minimum absolute atomic E-state index is 0.0478. The molecule has 0 unspecified atom stereocenters. The molecule has 3 rings (SSSR count). The number of hydrogen-bond acceptors (Lipinski definition) is 4. The molecule has 0 aliphatic rings. The van der Waals surface area contributed by atoms with Crippen LogP contribution in [-0.4, -0.2) is 20.2 Å². The molecule has 4 nitrogen and oxygen atoms in total. The molecule has 0 amide bonds. The average molecular weight is 381 g/mol. The van der Waals surface area contributed by atoms with Crippen LogP contribution in [0, 0.1) is 6.92 Å². The highest BCUT2D eigenvalue weighted by molar-refractivity contribution is 5.90. The number of fused-ring (bicyclic) bond motifs is 2. The van der Waals surface area contributed by atoms with Crippen LogP contribution >= 0.6 is 0 Å². The fourth-order valence-corrected chi connectivity index (χ4v) is 3.81. The highest BCUT2D eigenvalue weighted by Crippen LogP contribution is 2.36. The molecule has 1 heterocycles. The zero-order chi connectivity index (χ0) is 19.9. The van der Waals surface area contributed by atoms with Gasteiger partial charge in [-0.15, -0.1) is 0 Å². The third-order valence-electron chi connectivity index (χ3n) is 5.46. The van der Waals surface area contributed by atoms with Crippen LogP contribution in [0.5, 0.6) is 11.5 Å². The number of hydrogen-bond donors (Lipinski definition) is 2. The maximum Gasteiger partial charge on any atom is 0.163 e. The summed E-state index contributed by atoms with van der Waals surface area (Å²) < 4.78 is 0. The lowest BCUT2D eigenvalue weighted by atomic mass is 10.0. The Hall–Kier alpha value is -2.36. The predicted molar refractivity (Wildman–Crippen MR) is 116 cm³/mol. The zero-order valence-corrected chi connectivity index (χ0v) is 17.2. The zero-order valence-electron chi connectivity index (χ0n) is 17.2. The van der Waals surface area contributed by atoms with Crippen molar-refractivity contribution in [1.29, 1.82) is 0 Å². The van der Waals surface area contributed by atoms with Gasteiger partial charge in [-0.2, -0.15) is 0 Å². The van der Waals surface area contributed by atoms with Gasteiger partial charge >= 0.3 is 0 Å². The minimum atomic E-state index is -0.112. The van der Waals surface area contributed by atoms with Gasteiger partial charge in [-0.05, 0) is 37.5 Å². The first-order valence-electron chi connectivity index (χ1n) is 10.7. The van der Waals surface area contributed by atoms with E-state index < -0.39 is 0 Å². The minimum Gasteiger partial charge on any atom is -0.504 e. The number of aromatic nitrogens is 2. The largest absolute Gasteiger partial charge is 0.504 e. The lowest BCUT2D eigenvalue weighted by Gasteiger charge is -2.11. The van der Waals surface area contributed by atoms with Gasteiger partial charge in [0.05, 0.1) is 22.1 Å². The summed E-state index contributed by atoms with van der Waals surface area (Å²) in [6.45, 7) is 4.28. The van der Waals surface area contributed by atoms with Crippen molar-refractivity contribution in [3.8, 4) is 11.5 Å². The number of unbranched alkanes of at least 4 members (excludes halogenated alkanes) is 8. The van der Waals surface area contributed by atoms with E-state index in [1.54, 1.807) is 0 Å². The summed E-state index contributed by atoms with van der Waals surface area (Å²) in [6.07, 6.45) is 12.0. The van der Waals surface area contributed by atoms with E-state index >= 15 is 0 Å². The summed E-state index contributed by atoms with van der Waals surface area (Å²) in [5.74, 6) is -0.160. The van der Waals surface area contributed by atoms with Gasteiger partial charge in [0.25, 0.3) is 0 Å². The summed E-state index contributed by atoms with van der Waals surface area (Å²) in [5, 5.41) is 20.6. The molecule has 0 bridgehead atoms. The average Bonchev–Trinajstić information content (AvgIpc) is 2.68. The first kappa shape index (κ1) is 20.4. The lowest BCUT2D eigenvalue weighted by molar-refractivity contribution is 0.399. The number of rotatable bonds is 10. The van der Waals surface area contributed by atoms with E-state index in [9.17, 15) is 10.2 Å². The first-order chi connectivity index (χ1) is 13.6. The van der Waals surface area contributed by atoms with Crippen molar-refractivity contribution in [2.45, 2.75) is 78.1 Å². The van der Waals surface area contributed by atoms with Crippen LogP contribution in [0.3, 0.4) is 0 Å². The van der Waals surface area contributed by atoms with Gasteiger partial charge in [-0.1, -0.05) is 64.4 Å². The highest BCUT2D eigenvalue weighted by atomic mass is 16.3. The van der Waals surface area contributed by atoms with Crippen molar-refractivity contribution in [2.75, 3.05) is 0 Å². The fourth-order valence-electron chi connectivity index (χ4n) is 3.81. The SMILES string of the molecule is CCCCCCCCCCCc1c(O)c(O)cc2nc3ccc(C)cc3nc12. The molecule has 150 valence electrons. The quantitative estimate of drug-likeness (QED) is 0.237. The van der Waals surface area contributed by atoms with Crippen molar-refractivity contribution < 1.29 is 10.2 Å². The van der Waals surface area contributed by atoms with Crippen molar-refractivity contribution >= 4 is 22.1 Å². The van der Waals surface area contributed by atoms with E-state index in [1.165, 1.54) is 51.0 Å². The predicted octanol–water partition coefficient (Wildman–Crippen LogP) is 6.58. The molecule has 0 aliphatic carbocycles. The normalized spacial score (nSPS) is 11.5. The molecule has 2 N–H and O–H groups in total. The molecule has 4 heteroatoms. The Morgan fingerprint density at radius 3 is 2.14 bits per heavy atom. The third kappa shape index (κ3) is 4.92. The molecule has 0 saturated heterocycles. The molecular weight excluding hydrogens is 348 g/mol. The topological polar surface area (TPSA) is 66.2 Å². The number of aromatic hydroxyl groups is 2. The van der Waals surface area contributed by atoms with E-state index in [0.717, 1.165) is 29.4 Å². The van der Waals surface area contributed by atoms with Gasteiger partial charge in [0, 0.05) is 11.6 Å². The van der Waals surface area contributed by atoms with Crippen LogP contribution in [0.2, 0.25) is 0 Å². The van der Waals surface area contributed by atoms with Gasteiger partial charge in [-0.25, -0.2) is 9.97 Å². The van der Waals surface area contributed by atoms with Crippen LogP contribution in [0.25, 0.3) is 22.1 Å². The lowest BCUT2D eigenvalue weighted by Crippen LogP contribution is -1.96. The van der Waals surface area contributed by atoms with Gasteiger partial charge in [-0.3, -0.25) is 0 Å². The van der Waals surface area contributed by atoms with E-state index in [4.69, 9.17) is 4.98 Å². The summed E-state index contributed by atoms with van der Waals surface area (Å²) >= 11 is 0. The third-order valence-corrected chi connectivity index (χ3v) is 5.46. The highest BCUT2D eigenvalue weighted by Gasteiger charge is 2.15. The van der Waals surface area contributed by atoms with Gasteiger partial charge in [0.1, 0.15) is 0 Å². The number of aryl methyl sites for hydroxylation is 2. The Bertz CT molecular complexity index is 937. The van der Waals surface area contributed by atoms with E-state index in [-0.39, 0.29) is 11.5 Å². The molecule has 0 aliphatic heterocycles. The number of phenolic OH excluding ortho intramolecular Hbond substituents is 2. The Morgan fingerprint density at radius 1 is 0.750 bits per heavy atom. The maximum absolute atomic E-state index is 10.4. The van der Waals surface area contributed by atoms with E-state index in [1.807, 2.05) is 25.1 Å². The Balaban J connectivity index is 1.68.